The smallest absolute Gasteiger partial charge is 0.311 e. The molecule has 0 radical (unpaired) electrons. The summed E-state index contributed by atoms with van der Waals surface area (Å²) in [5, 5.41) is 10.2. The fraction of sp³-hybridized carbons (Fsp3) is 0.667. The van der Waals surface area contributed by atoms with Crippen molar-refractivity contribution in [3.63, 3.8) is 0 Å². The van der Waals surface area contributed by atoms with Gasteiger partial charge in [-0.1, -0.05) is 38.0 Å². The maximum Gasteiger partial charge on any atom is 0.311 e. The van der Waals surface area contributed by atoms with Crippen molar-refractivity contribution in [2.45, 2.75) is 65.2 Å². The fourth-order valence-corrected chi connectivity index (χ4v) is 6.35. The van der Waals surface area contributed by atoms with Crippen LogP contribution in [0.1, 0.15) is 52.0 Å². The lowest BCUT2D eigenvalue weighted by atomic mass is 9.59. The number of carbonyl (C=O) groups is 1. The van der Waals surface area contributed by atoms with Crippen LogP contribution in [0.3, 0.4) is 0 Å². The minimum Gasteiger partial charge on any atom is -0.493 e. The number of methoxy groups -OCH3 is 2. The van der Waals surface area contributed by atoms with Crippen molar-refractivity contribution in [1.29, 1.82) is 0 Å². The number of hydrogen-bond acceptors (Lipinski definition) is 6. The molecular formula is C27H39NO5. The van der Waals surface area contributed by atoms with E-state index in [-0.39, 0.29) is 29.3 Å². The minimum atomic E-state index is -0.496. The van der Waals surface area contributed by atoms with E-state index < -0.39 is 6.10 Å². The van der Waals surface area contributed by atoms with E-state index in [0.29, 0.717) is 37.1 Å². The summed E-state index contributed by atoms with van der Waals surface area (Å²) in [5.74, 6) is 1.74. The molecule has 6 heteroatoms. The van der Waals surface area contributed by atoms with Crippen LogP contribution in [-0.4, -0.2) is 55.5 Å². The Morgan fingerprint density at radius 3 is 2.73 bits per heavy atom. The molecule has 0 aromatic heterocycles. The normalized spacial score (nSPS) is 32.0. The topological polar surface area (TPSA) is 68.2 Å². The SMILES string of the molecule is COc1ccc(CN(C[C@@H](C)O)C[C@H]2C(=O)O[C@@H]3C[C@]4(C)CCC[C@@H](C)C4=C[C@H]32)cc1OC. The molecule has 0 spiro atoms. The third-order valence-electron chi connectivity index (χ3n) is 7.91. The summed E-state index contributed by atoms with van der Waals surface area (Å²) in [6, 6.07) is 5.86. The highest BCUT2D eigenvalue weighted by molar-refractivity contribution is 5.76. The van der Waals surface area contributed by atoms with Gasteiger partial charge in [-0.3, -0.25) is 9.69 Å². The van der Waals surface area contributed by atoms with E-state index >= 15 is 0 Å². The number of esters is 1. The Labute approximate surface area is 197 Å². The highest BCUT2D eigenvalue weighted by Gasteiger charge is 2.51. The summed E-state index contributed by atoms with van der Waals surface area (Å²) >= 11 is 0. The molecule has 33 heavy (non-hydrogen) atoms. The van der Waals surface area contributed by atoms with Crippen molar-refractivity contribution >= 4 is 5.97 Å². The van der Waals surface area contributed by atoms with E-state index in [1.54, 1.807) is 21.1 Å². The fourth-order valence-electron chi connectivity index (χ4n) is 6.35. The Morgan fingerprint density at radius 1 is 1.27 bits per heavy atom. The van der Waals surface area contributed by atoms with Crippen molar-refractivity contribution in [3.8, 4) is 11.5 Å². The minimum absolute atomic E-state index is 0.0315. The highest BCUT2D eigenvalue weighted by atomic mass is 16.6. The molecule has 0 bridgehead atoms. The number of aliphatic hydroxyl groups excluding tert-OH is 1. The van der Waals surface area contributed by atoms with Crippen LogP contribution in [0, 0.1) is 23.2 Å². The van der Waals surface area contributed by atoms with Crippen LogP contribution < -0.4 is 9.47 Å². The Hall–Kier alpha value is -2.05. The molecule has 182 valence electrons. The molecule has 1 heterocycles. The van der Waals surface area contributed by atoms with Gasteiger partial charge in [0.1, 0.15) is 6.10 Å². The number of carbonyl (C=O) groups excluding carboxylic acids is 1. The van der Waals surface area contributed by atoms with Gasteiger partial charge in [0.05, 0.1) is 26.2 Å². The van der Waals surface area contributed by atoms with Crippen molar-refractivity contribution in [1.82, 2.24) is 4.90 Å². The van der Waals surface area contributed by atoms with Crippen LogP contribution in [0.4, 0.5) is 0 Å². The van der Waals surface area contributed by atoms with Crippen molar-refractivity contribution in [2.24, 2.45) is 23.2 Å². The number of rotatable bonds is 8. The second-order valence-corrected chi connectivity index (χ2v) is 10.6. The van der Waals surface area contributed by atoms with E-state index in [4.69, 9.17) is 14.2 Å². The maximum atomic E-state index is 13.0. The van der Waals surface area contributed by atoms with Crippen LogP contribution >= 0.6 is 0 Å². The van der Waals surface area contributed by atoms with Crippen molar-refractivity contribution in [3.05, 3.63) is 35.4 Å². The van der Waals surface area contributed by atoms with Gasteiger partial charge in [-0.05, 0) is 55.2 Å². The molecule has 2 aliphatic carbocycles. The Balaban J connectivity index is 1.56. The molecule has 1 aromatic carbocycles. The first-order chi connectivity index (χ1) is 15.7. The van der Waals surface area contributed by atoms with E-state index in [0.717, 1.165) is 12.0 Å². The van der Waals surface area contributed by atoms with Crippen LogP contribution in [-0.2, 0) is 16.1 Å². The van der Waals surface area contributed by atoms with Gasteiger partial charge in [0.15, 0.2) is 11.5 Å². The quantitative estimate of drug-likeness (QED) is 0.466. The highest BCUT2D eigenvalue weighted by Crippen LogP contribution is 2.54. The molecule has 3 aliphatic rings. The van der Waals surface area contributed by atoms with E-state index in [9.17, 15) is 9.90 Å². The predicted molar refractivity (Wildman–Crippen MR) is 127 cm³/mol. The molecule has 1 N–H and O–H groups in total. The van der Waals surface area contributed by atoms with E-state index in [1.807, 2.05) is 18.2 Å². The lowest BCUT2D eigenvalue weighted by molar-refractivity contribution is -0.145. The van der Waals surface area contributed by atoms with Crippen LogP contribution in [0.15, 0.2) is 29.8 Å². The van der Waals surface area contributed by atoms with Crippen LogP contribution in [0.5, 0.6) is 11.5 Å². The molecule has 0 amide bonds. The largest absolute Gasteiger partial charge is 0.493 e. The number of allylic oxidation sites excluding steroid dienone is 1. The molecule has 6 atom stereocenters. The van der Waals surface area contributed by atoms with Crippen LogP contribution in [0.2, 0.25) is 0 Å². The van der Waals surface area contributed by atoms with Gasteiger partial charge < -0.3 is 19.3 Å². The van der Waals surface area contributed by atoms with Crippen molar-refractivity contribution in [2.75, 3.05) is 27.3 Å². The zero-order valence-corrected chi connectivity index (χ0v) is 20.7. The van der Waals surface area contributed by atoms with Gasteiger partial charge in [-0.2, -0.15) is 0 Å². The Bertz CT molecular complexity index is 896. The third-order valence-corrected chi connectivity index (χ3v) is 7.91. The van der Waals surface area contributed by atoms with Crippen molar-refractivity contribution < 1.29 is 24.1 Å². The Morgan fingerprint density at radius 2 is 2.03 bits per heavy atom. The second kappa shape index (κ2) is 9.67. The summed E-state index contributed by atoms with van der Waals surface area (Å²) < 4.78 is 16.8. The number of nitrogens with zero attached hydrogens (tertiary/aromatic N) is 1. The predicted octanol–water partition coefficient (Wildman–Crippen LogP) is 4.20. The first kappa shape index (κ1) is 24.1. The first-order valence-corrected chi connectivity index (χ1v) is 12.3. The Kier molecular flexibility index (Phi) is 7.06. The summed E-state index contributed by atoms with van der Waals surface area (Å²) in [4.78, 5) is 15.2. The van der Waals surface area contributed by atoms with Gasteiger partial charge in [0.2, 0.25) is 0 Å². The molecule has 1 aromatic rings. The van der Waals surface area contributed by atoms with E-state index in [1.165, 1.54) is 24.8 Å². The second-order valence-electron chi connectivity index (χ2n) is 10.6. The molecular weight excluding hydrogens is 418 g/mol. The molecule has 4 rings (SSSR count). The summed E-state index contributed by atoms with van der Waals surface area (Å²) in [6.45, 7) is 8.12. The standard InChI is InChI=1S/C27H39NO5/c1-17-7-6-10-27(3)13-25-20(12-22(17)27)21(26(30)33-25)16-28(14-18(2)29)15-19-8-9-23(31-4)24(11-19)32-5/h8-9,11-12,17-18,20-21,25,29H,6-7,10,13-16H2,1-5H3/t17-,18-,20+,21-,25-,27+/m1/s1. The summed E-state index contributed by atoms with van der Waals surface area (Å²) in [5.41, 5.74) is 2.74. The molecule has 2 fully saturated rings. The zero-order valence-electron chi connectivity index (χ0n) is 20.7. The van der Waals surface area contributed by atoms with Gasteiger partial charge in [-0.25, -0.2) is 0 Å². The number of fused-ring (bicyclic) bond motifs is 2. The van der Waals surface area contributed by atoms with E-state index in [2.05, 4.69) is 24.8 Å². The third kappa shape index (κ3) is 4.92. The van der Waals surface area contributed by atoms with Gasteiger partial charge in [0, 0.05) is 25.6 Å². The number of aliphatic hydroxyl groups is 1. The lowest BCUT2D eigenvalue weighted by Crippen LogP contribution is -2.41. The summed E-state index contributed by atoms with van der Waals surface area (Å²) in [7, 11) is 3.25. The number of hydrogen-bond donors (Lipinski definition) is 1. The molecule has 6 nitrogen and oxygen atoms in total. The monoisotopic (exact) mass is 457 g/mol. The summed E-state index contributed by atoms with van der Waals surface area (Å²) in [6.07, 6.45) is 6.46. The van der Waals surface area contributed by atoms with Gasteiger partial charge in [0.25, 0.3) is 0 Å². The number of benzene rings is 1. The molecule has 1 saturated heterocycles. The molecule has 1 aliphatic heterocycles. The zero-order chi connectivity index (χ0) is 23.8. The van der Waals surface area contributed by atoms with Gasteiger partial charge >= 0.3 is 5.97 Å². The van der Waals surface area contributed by atoms with Crippen LogP contribution in [0.25, 0.3) is 0 Å². The van der Waals surface area contributed by atoms with Gasteiger partial charge in [-0.15, -0.1) is 0 Å². The molecule has 0 unspecified atom stereocenters. The average Bonchev–Trinajstić information content (AvgIpc) is 3.05. The number of ether oxygens (including phenoxy) is 3. The average molecular weight is 458 g/mol. The first-order valence-electron chi connectivity index (χ1n) is 12.3. The lowest BCUT2D eigenvalue weighted by Gasteiger charge is -2.46. The molecule has 1 saturated carbocycles. The maximum absolute atomic E-state index is 13.0.